The van der Waals surface area contributed by atoms with E-state index in [4.69, 9.17) is 16.3 Å². The van der Waals surface area contributed by atoms with Gasteiger partial charge in [0.15, 0.2) is 6.61 Å². The van der Waals surface area contributed by atoms with E-state index in [0.29, 0.717) is 36.2 Å². The number of carbonyl (C=O) groups is 2. The Kier molecular flexibility index (Phi) is 8.92. The Bertz CT molecular complexity index is 619. The van der Waals surface area contributed by atoms with E-state index >= 15 is 0 Å². The Morgan fingerprint density at radius 2 is 1.63 bits per heavy atom. The highest BCUT2D eigenvalue weighted by atomic mass is 35.5. The molecule has 1 saturated carbocycles. The van der Waals surface area contributed by atoms with E-state index in [2.05, 4.69) is 10.6 Å². The van der Waals surface area contributed by atoms with Crippen molar-refractivity contribution in [2.45, 2.75) is 58.8 Å². The third-order valence-electron chi connectivity index (χ3n) is 5.05. The maximum absolute atomic E-state index is 11.9. The van der Waals surface area contributed by atoms with Gasteiger partial charge < -0.3 is 15.4 Å². The van der Waals surface area contributed by atoms with Gasteiger partial charge in [-0.25, -0.2) is 0 Å². The van der Waals surface area contributed by atoms with Crippen LogP contribution in [0.1, 0.15) is 56.1 Å². The summed E-state index contributed by atoms with van der Waals surface area (Å²) in [5, 5.41) is 6.33. The summed E-state index contributed by atoms with van der Waals surface area (Å²) in [6.45, 7) is 4.58. The number of nitrogens with one attached hydrogen (secondary N) is 2. The minimum atomic E-state index is -0.211. The number of aryl methyl sites for hydroxylation is 2. The van der Waals surface area contributed by atoms with Crippen molar-refractivity contribution in [2.75, 3.05) is 19.7 Å². The van der Waals surface area contributed by atoms with Crippen LogP contribution in [0.2, 0.25) is 5.02 Å². The van der Waals surface area contributed by atoms with Crippen molar-refractivity contribution >= 4 is 23.4 Å². The third kappa shape index (κ3) is 7.79. The molecule has 2 N–H and O–H groups in total. The van der Waals surface area contributed by atoms with E-state index in [1.807, 2.05) is 26.0 Å². The molecule has 0 bridgehead atoms. The van der Waals surface area contributed by atoms with Gasteiger partial charge in [-0.1, -0.05) is 43.7 Å². The van der Waals surface area contributed by atoms with E-state index in [-0.39, 0.29) is 18.4 Å². The van der Waals surface area contributed by atoms with Gasteiger partial charge in [0, 0.05) is 24.5 Å². The van der Waals surface area contributed by atoms with Crippen LogP contribution in [0.3, 0.4) is 0 Å². The highest BCUT2D eigenvalue weighted by Gasteiger charge is 2.14. The van der Waals surface area contributed by atoms with Crippen LogP contribution < -0.4 is 15.4 Å². The second kappa shape index (κ2) is 11.2. The molecule has 5 nitrogen and oxygen atoms in total. The topological polar surface area (TPSA) is 67.4 Å². The first-order valence-corrected chi connectivity index (χ1v) is 10.3. The molecule has 0 heterocycles. The Labute approximate surface area is 167 Å². The number of amides is 2. The molecule has 0 spiro atoms. The second-order valence-corrected chi connectivity index (χ2v) is 7.78. The molecule has 0 saturated heterocycles. The molecule has 1 fully saturated rings. The van der Waals surface area contributed by atoms with Crippen LogP contribution in [0.15, 0.2) is 12.1 Å². The normalized spacial score (nSPS) is 14.6. The van der Waals surface area contributed by atoms with Gasteiger partial charge >= 0.3 is 0 Å². The number of hydrogen-bond donors (Lipinski definition) is 2. The van der Waals surface area contributed by atoms with Crippen LogP contribution in [-0.4, -0.2) is 31.5 Å². The maximum atomic E-state index is 11.9. The molecule has 1 aromatic rings. The Balaban J connectivity index is 1.56. The summed E-state index contributed by atoms with van der Waals surface area (Å²) in [6, 6.07) is 3.63. The van der Waals surface area contributed by atoms with Crippen molar-refractivity contribution < 1.29 is 14.3 Å². The summed E-state index contributed by atoms with van der Waals surface area (Å²) in [5.41, 5.74) is 1.84. The van der Waals surface area contributed by atoms with Crippen LogP contribution in [0.4, 0.5) is 0 Å². The van der Waals surface area contributed by atoms with Gasteiger partial charge in [-0.3, -0.25) is 9.59 Å². The average molecular weight is 395 g/mol. The first kappa shape index (κ1) is 21.5. The van der Waals surface area contributed by atoms with E-state index in [1.54, 1.807) is 0 Å². The number of benzene rings is 1. The lowest BCUT2D eigenvalue weighted by molar-refractivity contribution is -0.124. The van der Waals surface area contributed by atoms with Crippen LogP contribution in [-0.2, 0) is 9.59 Å². The number of halogens is 1. The summed E-state index contributed by atoms with van der Waals surface area (Å²) < 4.78 is 5.51. The lowest BCUT2D eigenvalue weighted by Crippen LogP contribution is -2.36. The predicted octanol–water partition coefficient (Wildman–Crippen LogP) is 3.93. The van der Waals surface area contributed by atoms with Crippen LogP contribution in [0.5, 0.6) is 5.75 Å². The fourth-order valence-electron chi connectivity index (χ4n) is 3.49. The maximum Gasteiger partial charge on any atom is 0.258 e. The average Bonchev–Trinajstić information content (AvgIpc) is 2.67. The van der Waals surface area contributed by atoms with E-state index in [0.717, 1.165) is 17.5 Å². The van der Waals surface area contributed by atoms with Crippen LogP contribution >= 0.6 is 11.6 Å². The number of ether oxygens (including phenoxy) is 1. The molecule has 0 radical (unpaired) electrons. The molecule has 150 valence electrons. The fraction of sp³-hybridized carbons (Fsp3) is 0.619. The van der Waals surface area contributed by atoms with Gasteiger partial charge in [-0.05, 0) is 49.4 Å². The van der Waals surface area contributed by atoms with Gasteiger partial charge in [0.05, 0.1) is 0 Å². The van der Waals surface area contributed by atoms with E-state index in [9.17, 15) is 9.59 Å². The Morgan fingerprint density at radius 3 is 2.26 bits per heavy atom. The van der Waals surface area contributed by atoms with Gasteiger partial charge in [0.1, 0.15) is 5.75 Å². The third-order valence-corrected chi connectivity index (χ3v) is 5.65. The van der Waals surface area contributed by atoms with Gasteiger partial charge in [-0.2, -0.15) is 0 Å². The molecule has 2 rings (SSSR count). The summed E-state index contributed by atoms with van der Waals surface area (Å²) in [7, 11) is 0. The first-order chi connectivity index (χ1) is 13.0. The molecule has 0 atom stereocenters. The molecule has 0 aliphatic heterocycles. The smallest absolute Gasteiger partial charge is 0.258 e. The molecule has 2 amide bonds. The monoisotopic (exact) mass is 394 g/mol. The van der Waals surface area contributed by atoms with Crippen molar-refractivity contribution in [3.8, 4) is 5.75 Å². The highest BCUT2D eigenvalue weighted by molar-refractivity contribution is 6.32. The number of carbonyl (C=O) groups excluding carboxylic acids is 2. The second-order valence-electron chi connectivity index (χ2n) is 7.40. The van der Waals surface area contributed by atoms with Gasteiger partial charge in [0.2, 0.25) is 5.91 Å². The molecule has 0 unspecified atom stereocenters. The van der Waals surface area contributed by atoms with Crippen molar-refractivity contribution in [2.24, 2.45) is 5.92 Å². The Morgan fingerprint density at radius 1 is 1.04 bits per heavy atom. The highest BCUT2D eigenvalue weighted by Crippen LogP contribution is 2.27. The summed E-state index contributed by atoms with van der Waals surface area (Å²) in [4.78, 5) is 23.7. The minimum absolute atomic E-state index is 0.0594. The molecular weight excluding hydrogens is 364 g/mol. The van der Waals surface area contributed by atoms with Crippen molar-refractivity contribution in [3.05, 3.63) is 28.3 Å². The van der Waals surface area contributed by atoms with Crippen LogP contribution in [0.25, 0.3) is 0 Å². The SMILES string of the molecule is Cc1cc(OCC(=O)NCCNC(=O)CCC2CCCCC2)cc(C)c1Cl. The minimum Gasteiger partial charge on any atom is -0.484 e. The number of hydrogen-bond acceptors (Lipinski definition) is 3. The van der Waals surface area contributed by atoms with E-state index in [1.165, 1.54) is 32.1 Å². The zero-order valence-corrected chi connectivity index (χ0v) is 17.2. The quantitative estimate of drug-likeness (QED) is 0.623. The first-order valence-electron chi connectivity index (χ1n) is 9.88. The van der Waals surface area contributed by atoms with Crippen LogP contribution in [0, 0.1) is 19.8 Å². The lowest BCUT2D eigenvalue weighted by atomic mass is 9.86. The summed E-state index contributed by atoms with van der Waals surface area (Å²) in [5.74, 6) is 1.19. The predicted molar refractivity (Wildman–Crippen MR) is 108 cm³/mol. The Hall–Kier alpha value is -1.75. The number of rotatable bonds is 9. The van der Waals surface area contributed by atoms with Gasteiger partial charge in [0.25, 0.3) is 5.91 Å². The van der Waals surface area contributed by atoms with E-state index < -0.39 is 0 Å². The fourth-order valence-corrected chi connectivity index (χ4v) is 3.60. The summed E-state index contributed by atoms with van der Waals surface area (Å²) in [6.07, 6.45) is 8.02. The molecular formula is C21H31ClN2O3. The molecule has 27 heavy (non-hydrogen) atoms. The molecule has 1 aliphatic carbocycles. The largest absolute Gasteiger partial charge is 0.484 e. The molecule has 1 aromatic carbocycles. The standard InChI is InChI=1S/C21H31ClN2O3/c1-15-12-18(13-16(2)21(15)22)27-14-20(26)24-11-10-23-19(25)9-8-17-6-4-3-5-7-17/h12-13,17H,3-11,14H2,1-2H3,(H,23,25)(H,24,26). The zero-order chi connectivity index (χ0) is 19.6. The van der Waals surface area contributed by atoms with Crippen molar-refractivity contribution in [1.82, 2.24) is 10.6 Å². The molecule has 6 heteroatoms. The summed E-state index contributed by atoms with van der Waals surface area (Å²) >= 11 is 6.12. The molecule has 1 aliphatic rings. The molecule has 0 aromatic heterocycles. The lowest BCUT2D eigenvalue weighted by Gasteiger charge is -2.20. The zero-order valence-electron chi connectivity index (χ0n) is 16.4. The van der Waals surface area contributed by atoms with Crippen molar-refractivity contribution in [1.29, 1.82) is 0 Å². The van der Waals surface area contributed by atoms with Crippen molar-refractivity contribution in [3.63, 3.8) is 0 Å². The van der Waals surface area contributed by atoms with Gasteiger partial charge in [-0.15, -0.1) is 0 Å².